The second-order valence-corrected chi connectivity index (χ2v) is 4.52. The molecule has 0 atom stereocenters. The van der Waals surface area contributed by atoms with E-state index in [9.17, 15) is 4.79 Å². The third-order valence-electron chi connectivity index (χ3n) is 3.11. The summed E-state index contributed by atoms with van der Waals surface area (Å²) < 4.78 is 10.5. The molecule has 1 aromatic rings. The summed E-state index contributed by atoms with van der Waals surface area (Å²) in [5.74, 6) is 0.795. The highest BCUT2D eigenvalue weighted by Gasteiger charge is 2.14. The van der Waals surface area contributed by atoms with Crippen molar-refractivity contribution >= 4 is 12.0 Å². The fourth-order valence-electron chi connectivity index (χ4n) is 2.03. The number of methoxy groups -OCH3 is 1. The molecule has 4 nitrogen and oxygen atoms in total. The molecule has 1 aliphatic heterocycles. The first kappa shape index (κ1) is 13.6. The zero-order valence-corrected chi connectivity index (χ0v) is 11.4. The molecule has 1 aliphatic rings. The number of ether oxygens (including phenoxy) is 2. The molecule has 0 spiro atoms. The maximum atomic E-state index is 12.0. The number of hydrogen-bond acceptors (Lipinski definition) is 3. The van der Waals surface area contributed by atoms with Crippen molar-refractivity contribution in [3.05, 3.63) is 35.4 Å². The molecule has 1 heterocycles. The average molecular weight is 261 g/mol. The molecule has 1 amide bonds. The van der Waals surface area contributed by atoms with Gasteiger partial charge in [0.1, 0.15) is 5.75 Å². The summed E-state index contributed by atoms with van der Waals surface area (Å²) in [6.07, 6.45) is 3.41. The number of benzene rings is 1. The van der Waals surface area contributed by atoms with Gasteiger partial charge < -0.3 is 14.4 Å². The van der Waals surface area contributed by atoms with Gasteiger partial charge in [0, 0.05) is 24.7 Å². The van der Waals surface area contributed by atoms with Gasteiger partial charge >= 0.3 is 0 Å². The van der Waals surface area contributed by atoms with Crippen molar-refractivity contribution in [3.63, 3.8) is 0 Å². The van der Waals surface area contributed by atoms with Gasteiger partial charge in [-0.1, -0.05) is 11.6 Å². The van der Waals surface area contributed by atoms with E-state index in [1.807, 2.05) is 31.2 Å². The van der Waals surface area contributed by atoms with Gasteiger partial charge in [-0.2, -0.15) is 0 Å². The summed E-state index contributed by atoms with van der Waals surface area (Å²) in [4.78, 5) is 13.8. The summed E-state index contributed by atoms with van der Waals surface area (Å²) in [6.45, 7) is 4.57. The van der Waals surface area contributed by atoms with Crippen LogP contribution < -0.4 is 4.74 Å². The second-order valence-electron chi connectivity index (χ2n) is 4.52. The summed E-state index contributed by atoms with van der Waals surface area (Å²) in [7, 11) is 1.63. The van der Waals surface area contributed by atoms with Gasteiger partial charge in [0.15, 0.2) is 0 Å². The van der Waals surface area contributed by atoms with Crippen LogP contribution in [0.1, 0.15) is 11.1 Å². The number of nitrogens with zero attached hydrogens (tertiary/aromatic N) is 1. The lowest BCUT2D eigenvalue weighted by Gasteiger charge is -2.25. The summed E-state index contributed by atoms with van der Waals surface area (Å²) in [6, 6.07) is 5.90. The van der Waals surface area contributed by atoms with Gasteiger partial charge in [-0.05, 0) is 25.1 Å². The molecule has 1 saturated heterocycles. The van der Waals surface area contributed by atoms with E-state index < -0.39 is 0 Å². The molecule has 0 radical (unpaired) electrons. The van der Waals surface area contributed by atoms with Crippen LogP contribution in [0.5, 0.6) is 5.75 Å². The SMILES string of the molecule is COc1ccc(C)cc1/C=C/C(=O)N1CCOCC1. The van der Waals surface area contributed by atoms with E-state index >= 15 is 0 Å². The molecule has 0 aromatic heterocycles. The molecular formula is C15H19NO3. The Balaban J connectivity index is 2.08. The lowest BCUT2D eigenvalue weighted by Crippen LogP contribution is -2.39. The van der Waals surface area contributed by atoms with Crippen LogP contribution in [0.15, 0.2) is 24.3 Å². The summed E-state index contributed by atoms with van der Waals surface area (Å²) in [5, 5.41) is 0. The third-order valence-corrected chi connectivity index (χ3v) is 3.11. The van der Waals surface area contributed by atoms with Gasteiger partial charge in [0.2, 0.25) is 5.91 Å². The van der Waals surface area contributed by atoms with E-state index in [2.05, 4.69) is 0 Å². The van der Waals surface area contributed by atoms with Gasteiger partial charge in [0.05, 0.1) is 20.3 Å². The van der Waals surface area contributed by atoms with E-state index in [1.165, 1.54) is 0 Å². The van der Waals surface area contributed by atoms with E-state index in [0.717, 1.165) is 16.9 Å². The fraction of sp³-hybridized carbons (Fsp3) is 0.400. The lowest BCUT2D eigenvalue weighted by atomic mass is 10.1. The smallest absolute Gasteiger partial charge is 0.246 e. The quantitative estimate of drug-likeness (QED) is 0.780. The van der Waals surface area contributed by atoms with Crippen molar-refractivity contribution in [2.45, 2.75) is 6.92 Å². The van der Waals surface area contributed by atoms with Crippen molar-refractivity contribution < 1.29 is 14.3 Å². The molecule has 2 rings (SSSR count). The number of carbonyl (C=O) groups excluding carboxylic acids is 1. The zero-order chi connectivity index (χ0) is 13.7. The first-order chi connectivity index (χ1) is 9.20. The first-order valence-electron chi connectivity index (χ1n) is 6.40. The second kappa shape index (κ2) is 6.38. The summed E-state index contributed by atoms with van der Waals surface area (Å²) >= 11 is 0. The van der Waals surface area contributed by atoms with Crippen LogP contribution in [0.3, 0.4) is 0 Å². The van der Waals surface area contributed by atoms with E-state index in [-0.39, 0.29) is 5.91 Å². The minimum absolute atomic E-state index is 0.0202. The molecule has 4 heteroatoms. The molecule has 0 N–H and O–H groups in total. The molecule has 0 saturated carbocycles. The Morgan fingerprint density at radius 1 is 1.37 bits per heavy atom. The minimum atomic E-state index is 0.0202. The number of morpholine rings is 1. The molecular weight excluding hydrogens is 242 g/mol. The Labute approximate surface area is 113 Å². The van der Waals surface area contributed by atoms with Crippen molar-refractivity contribution in [2.24, 2.45) is 0 Å². The Morgan fingerprint density at radius 2 is 2.11 bits per heavy atom. The van der Waals surface area contributed by atoms with Gasteiger partial charge in [-0.15, -0.1) is 0 Å². The molecule has 19 heavy (non-hydrogen) atoms. The monoisotopic (exact) mass is 261 g/mol. The highest BCUT2D eigenvalue weighted by Crippen LogP contribution is 2.21. The van der Waals surface area contributed by atoms with E-state index in [0.29, 0.717) is 26.3 Å². The molecule has 1 aromatic carbocycles. The van der Waals surface area contributed by atoms with Crippen LogP contribution in [0.2, 0.25) is 0 Å². The van der Waals surface area contributed by atoms with Crippen LogP contribution in [-0.2, 0) is 9.53 Å². The van der Waals surface area contributed by atoms with Crippen molar-refractivity contribution in [3.8, 4) is 5.75 Å². The van der Waals surface area contributed by atoms with Crippen molar-refractivity contribution in [2.75, 3.05) is 33.4 Å². The Hall–Kier alpha value is -1.81. The molecule has 0 unspecified atom stereocenters. The lowest BCUT2D eigenvalue weighted by molar-refractivity contribution is -0.129. The maximum Gasteiger partial charge on any atom is 0.246 e. The van der Waals surface area contributed by atoms with Gasteiger partial charge in [-0.3, -0.25) is 4.79 Å². The van der Waals surface area contributed by atoms with Crippen LogP contribution in [0.4, 0.5) is 0 Å². The first-order valence-corrected chi connectivity index (χ1v) is 6.40. The predicted molar refractivity (Wildman–Crippen MR) is 74.2 cm³/mol. The zero-order valence-electron chi connectivity index (χ0n) is 11.4. The molecule has 0 bridgehead atoms. The largest absolute Gasteiger partial charge is 0.496 e. The van der Waals surface area contributed by atoms with Gasteiger partial charge in [0.25, 0.3) is 0 Å². The maximum absolute atomic E-state index is 12.0. The Kier molecular flexibility index (Phi) is 4.58. The normalized spacial score (nSPS) is 15.8. The molecule has 1 fully saturated rings. The van der Waals surface area contributed by atoms with Crippen molar-refractivity contribution in [1.29, 1.82) is 0 Å². The highest BCUT2D eigenvalue weighted by atomic mass is 16.5. The van der Waals surface area contributed by atoms with Crippen LogP contribution in [0, 0.1) is 6.92 Å². The average Bonchev–Trinajstić information content (AvgIpc) is 2.46. The van der Waals surface area contributed by atoms with Gasteiger partial charge in [-0.25, -0.2) is 0 Å². The predicted octanol–water partition coefficient (Wildman–Crippen LogP) is 1.88. The van der Waals surface area contributed by atoms with Crippen LogP contribution >= 0.6 is 0 Å². The van der Waals surface area contributed by atoms with Crippen LogP contribution in [0.25, 0.3) is 6.08 Å². The topological polar surface area (TPSA) is 38.8 Å². The third kappa shape index (κ3) is 3.58. The fourth-order valence-corrected chi connectivity index (χ4v) is 2.03. The standard InChI is InChI=1S/C15H19NO3/c1-12-3-5-14(18-2)13(11-12)4-6-15(17)16-7-9-19-10-8-16/h3-6,11H,7-10H2,1-2H3/b6-4+. The molecule has 102 valence electrons. The van der Waals surface area contributed by atoms with E-state index in [4.69, 9.17) is 9.47 Å². The minimum Gasteiger partial charge on any atom is -0.496 e. The number of carbonyl (C=O) groups is 1. The number of rotatable bonds is 3. The number of aryl methyl sites for hydroxylation is 1. The van der Waals surface area contributed by atoms with Crippen molar-refractivity contribution in [1.82, 2.24) is 4.90 Å². The van der Waals surface area contributed by atoms with E-state index in [1.54, 1.807) is 18.1 Å². The number of hydrogen-bond donors (Lipinski definition) is 0. The van der Waals surface area contributed by atoms with Crippen LogP contribution in [-0.4, -0.2) is 44.2 Å². The number of amides is 1. The summed E-state index contributed by atoms with van der Waals surface area (Å²) in [5.41, 5.74) is 2.06. The Bertz CT molecular complexity index is 476. The molecule has 0 aliphatic carbocycles. The Morgan fingerprint density at radius 3 is 2.79 bits per heavy atom. The highest BCUT2D eigenvalue weighted by molar-refractivity contribution is 5.92.